The Hall–Kier alpha value is -0.520. The Morgan fingerprint density at radius 1 is 1.38 bits per heavy atom. The molecule has 0 amide bonds. The minimum atomic E-state index is -0.764. The number of benzene rings is 1. The van der Waals surface area contributed by atoms with E-state index in [1.165, 1.54) is 0 Å². The van der Waals surface area contributed by atoms with Gasteiger partial charge in [-0.25, -0.2) is 0 Å². The van der Waals surface area contributed by atoms with Crippen molar-refractivity contribution in [3.63, 3.8) is 0 Å². The maximum atomic E-state index is 10.2. The van der Waals surface area contributed by atoms with Crippen LogP contribution in [0.3, 0.4) is 0 Å². The van der Waals surface area contributed by atoms with Gasteiger partial charge < -0.3 is 30.3 Å². The van der Waals surface area contributed by atoms with Crippen molar-refractivity contribution in [1.29, 1.82) is 0 Å². The largest absolute Gasteiger partial charge is 0.489 e. The van der Waals surface area contributed by atoms with Gasteiger partial charge in [-0.05, 0) is 31.9 Å². The number of aliphatic hydroxyl groups excluding tert-OH is 2. The van der Waals surface area contributed by atoms with Gasteiger partial charge in [0.05, 0.1) is 18.2 Å². The Bertz CT molecular complexity index is 646. The Morgan fingerprint density at radius 3 is 2.83 bits per heavy atom. The molecule has 0 spiro atoms. The van der Waals surface area contributed by atoms with Crippen molar-refractivity contribution in [2.24, 2.45) is 10.4 Å². The van der Waals surface area contributed by atoms with Crippen molar-refractivity contribution in [3.8, 4) is 5.75 Å². The van der Waals surface area contributed by atoms with Crippen molar-refractivity contribution in [1.82, 2.24) is 10.6 Å². The first-order valence-electron chi connectivity index (χ1n) is 9.45. The van der Waals surface area contributed by atoms with Gasteiger partial charge in [0.25, 0.3) is 0 Å². The van der Waals surface area contributed by atoms with Crippen LogP contribution in [0, 0.1) is 5.41 Å². The lowest BCUT2D eigenvalue weighted by atomic mass is 9.84. The van der Waals surface area contributed by atoms with Crippen LogP contribution in [-0.4, -0.2) is 68.3 Å². The molecule has 0 aromatic heterocycles. The molecule has 2 rings (SSSR count). The molecule has 1 aromatic rings. The monoisotopic (exact) mass is 561 g/mol. The van der Waals surface area contributed by atoms with E-state index >= 15 is 0 Å². The van der Waals surface area contributed by atoms with Crippen LogP contribution >= 0.6 is 47.2 Å². The summed E-state index contributed by atoms with van der Waals surface area (Å²) in [7, 11) is 0. The van der Waals surface area contributed by atoms with Gasteiger partial charge in [-0.1, -0.05) is 29.3 Å². The summed E-state index contributed by atoms with van der Waals surface area (Å²) in [4.78, 5) is 4.62. The summed E-state index contributed by atoms with van der Waals surface area (Å²) in [6.45, 7) is 4.95. The van der Waals surface area contributed by atoms with E-state index in [1.807, 2.05) is 6.92 Å². The fourth-order valence-electron chi connectivity index (χ4n) is 2.93. The number of hydrogen-bond donors (Lipinski definition) is 4. The summed E-state index contributed by atoms with van der Waals surface area (Å²) in [5.41, 5.74) is -0.123. The van der Waals surface area contributed by atoms with Gasteiger partial charge in [0.15, 0.2) is 5.96 Å². The van der Waals surface area contributed by atoms with Crippen LogP contribution in [0.5, 0.6) is 5.75 Å². The van der Waals surface area contributed by atoms with Crippen molar-refractivity contribution < 1.29 is 19.7 Å². The molecule has 7 nitrogen and oxygen atoms in total. The van der Waals surface area contributed by atoms with Crippen LogP contribution in [0.1, 0.15) is 19.8 Å². The van der Waals surface area contributed by atoms with Gasteiger partial charge in [-0.3, -0.25) is 4.99 Å². The molecule has 1 aliphatic heterocycles. The molecule has 1 fully saturated rings. The van der Waals surface area contributed by atoms with E-state index in [0.717, 1.165) is 6.42 Å². The molecule has 2 atom stereocenters. The van der Waals surface area contributed by atoms with E-state index in [4.69, 9.17) is 32.7 Å². The second kappa shape index (κ2) is 13.7. The van der Waals surface area contributed by atoms with Crippen LogP contribution in [0.2, 0.25) is 10.0 Å². The molecule has 10 heteroatoms. The Labute approximate surface area is 199 Å². The number of halogens is 3. The zero-order valence-corrected chi connectivity index (χ0v) is 20.3. The van der Waals surface area contributed by atoms with Crippen LogP contribution in [-0.2, 0) is 4.74 Å². The summed E-state index contributed by atoms with van der Waals surface area (Å²) in [6.07, 6.45) is 0.778. The minimum Gasteiger partial charge on any atom is -0.489 e. The predicted molar refractivity (Wildman–Crippen MR) is 127 cm³/mol. The number of nitrogens with zero attached hydrogens (tertiary/aromatic N) is 1. The van der Waals surface area contributed by atoms with E-state index in [-0.39, 0.29) is 49.2 Å². The predicted octanol–water partition coefficient (Wildman–Crippen LogP) is 2.70. The number of aliphatic imine (C=N–C) groups is 1. The highest BCUT2D eigenvalue weighted by Crippen LogP contribution is 2.33. The van der Waals surface area contributed by atoms with Gasteiger partial charge in [-0.2, -0.15) is 0 Å². The number of hydrogen-bond acceptors (Lipinski definition) is 5. The van der Waals surface area contributed by atoms with E-state index in [2.05, 4.69) is 15.6 Å². The summed E-state index contributed by atoms with van der Waals surface area (Å²) in [5.74, 6) is 1.03. The third-order valence-electron chi connectivity index (χ3n) is 4.60. The molecule has 1 heterocycles. The highest BCUT2D eigenvalue weighted by atomic mass is 127. The highest BCUT2D eigenvalue weighted by Gasteiger charge is 2.34. The highest BCUT2D eigenvalue weighted by molar-refractivity contribution is 14.0. The third-order valence-corrected chi connectivity index (χ3v) is 5.40. The van der Waals surface area contributed by atoms with Crippen molar-refractivity contribution in [2.45, 2.75) is 25.9 Å². The Kier molecular flexibility index (Phi) is 12.5. The van der Waals surface area contributed by atoms with Crippen molar-refractivity contribution in [2.75, 3.05) is 46.1 Å². The molecule has 1 aliphatic rings. The lowest BCUT2D eigenvalue weighted by Gasteiger charge is -2.25. The Balaban J connectivity index is 0.00000420. The molecule has 1 aromatic carbocycles. The number of ether oxygens (including phenoxy) is 2. The molecule has 166 valence electrons. The summed E-state index contributed by atoms with van der Waals surface area (Å²) >= 11 is 12.0. The second-order valence-electron chi connectivity index (χ2n) is 6.87. The number of guanidine groups is 1. The Morgan fingerprint density at radius 2 is 2.17 bits per heavy atom. The zero-order valence-electron chi connectivity index (χ0n) is 16.5. The quantitative estimate of drug-likeness (QED) is 0.199. The first-order chi connectivity index (χ1) is 13.5. The standard InChI is InChI=1S/C19H29Cl2N3O4.HI/c1-2-22-18(24-12-19(6-8-25)7-9-27-13-19)23-10-14(26)11-28-16-5-3-4-15(20)17(16)21;/h3-5,14,25-26H,2,6-13H2,1H3,(H2,22,23,24);1H. The third kappa shape index (κ3) is 8.63. The number of rotatable bonds is 10. The summed E-state index contributed by atoms with van der Waals surface area (Å²) in [6, 6.07) is 5.11. The first-order valence-corrected chi connectivity index (χ1v) is 10.2. The zero-order chi connectivity index (χ0) is 20.4. The molecule has 29 heavy (non-hydrogen) atoms. The fraction of sp³-hybridized carbons (Fsp3) is 0.632. The molecule has 0 aliphatic carbocycles. The number of aliphatic hydroxyl groups is 2. The van der Waals surface area contributed by atoms with E-state index in [1.54, 1.807) is 18.2 Å². The molecule has 0 bridgehead atoms. The van der Waals surface area contributed by atoms with Gasteiger partial charge in [0.2, 0.25) is 0 Å². The summed E-state index contributed by atoms with van der Waals surface area (Å²) < 4.78 is 11.0. The molecule has 4 N–H and O–H groups in total. The minimum absolute atomic E-state index is 0. The van der Waals surface area contributed by atoms with Crippen LogP contribution < -0.4 is 15.4 Å². The molecular formula is C19H30Cl2IN3O4. The van der Waals surface area contributed by atoms with E-state index < -0.39 is 6.10 Å². The topological polar surface area (TPSA) is 95.3 Å². The van der Waals surface area contributed by atoms with Gasteiger partial charge in [-0.15, -0.1) is 24.0 Å². The molecule has 2 unspecified atom stereocenters. The average molecular weight is 562 g/mol. The van der Waals surface area contributed by atoms with Crippen molar-refractivity contribution >= 4 is 53.1 Å². The molecule has 0 saturated carbocycles. The molecule has 1 saturated heterocycles. The number of nitrogens with one attached hydrogen (secondary N) is 2. The normalized spacial score (nSPS) is 20.1. The molecule has 0 radical (unpaired) electrons. The lowest BCUT2D eigenvalue weighted by Crippen LogP contribution is -2.43. The van der Waals surface area contributed by atoms with E-state index in [0.29, 0.717) is 54.5 Å². The van der Waals surface area contributed by atoms with Gasteiger partial charge in [0, 0.05) is 31.7 Å². The maximum Gasteiger partial charge on any atom is 0.191 e. The average Bonchev–Trinajstić information content (AvgIpc) is 3.14. The SMILES string of the molecule is CCNC(=NCC1(CCO)CCOC1)NCC(O)COc1cccc(Cl)c1Cl.I. The van der Waals surface area contributed by atoms with Crippen LogP contribution in [0.25, 0.3) is 0 Å². The smallest absolute Gasteiger partial charge is 0.191 e. The van der Waals surface area contributed by atoms with E-state index in [9.17, 15) is 10.2 Å². The van der Waals surface area contributed by atoms with Crippen LogP contribution in [0.4, 0.5) is 0 Å². The summed E-state index contributed by atoms with van der Waals surface area (Å²) in [5, 5.41) is 26.5. The lowest BCUT2D eigenvalue weighted by molar-refractivity contribution is 0.110. The fourth-order valence-corrected chi connectivity index (χ4v) is 3.28. The van der Waals surface area contributed by atoms with Gasteiger partial charge in [0.1, 0.15) is 23.5 Å². The maximum absolute atomic E-state index is 10.2. The second-order valence-corrected chi connectivity index (χ2v) is 7.65. The van der Waals surface area contributed by atoms with Crippen molar-refractivity contribution in [3.05, 3.63) is 28.2 Å². The van der Waals surface area contributed by atoms with Gasteiger partial charge >= 0.3 is 0 Å². The first kappa shape index (κ1) is 26.5. The van der Waals surface area contributed by atoms with Crippen LogP contribution in [0.15, 0.2) is 23.2 Å². The molecular weight excluding hydrogens is 532 g/mol.